The van der Waals surface area contributed by atoms with Crippen molar-refractivity contribution in [1.29, 1.82) is 0 Å². The number of carbonyl (C=O) groups excluding carboxylic acids is 1. The van der Waals surface area contributed by atoms with Crippen LogP contribution < -0.4 is 15.6 Å². The van der Waals surface area contributed by atoms with Gasteiger partial charge in [-0.3, -0.25) is 9.59 Å². The molecule has 0 radical (unpaired) electrons. The summed E-state index contributed by atoms with van der Waals surface area (Å²) in [5.74, 6) is -2.29. The van der Waals surface area contributed by atoms with Gasteiger partial charge in [0.05, 0.1) is 28.9 Å². The zero-order valence-corrected chi connectivity index (χ0v) is 18.5. The van der Waals surface area contributed by atoms with E-state index in [0.717, 1.165) is 10.9 Å². The van der Waals surface area contributed by atoms with E-state index in [9.17, 15) is 24.6 Å². The number of aryl methyl sites for hydroxylation is 1. The third-order valence-corrected chi connectivity index (χ3v) is 4.93. The number of nitrogens with one attached hydrogen (secondary N) is 2. The molecule has 2 aromatic carbocycles. The summed E-state index contributed by atoms with van der Waals surface area (Å²) in [6, 6.07) is 8.45. The van der Waals surface area contributed by atoms with Crippen molar-refractivity contribution < 1.29 is 24.5 Å². The fourth-order valence-electron chi connectivity index (χ4n) is 3.02. The summed E-state index contributed by atoms with van der Waals surface area (Å²) in [5.41, 5.74) is 0.606. The highest BCUT2D eigenvalue weighted by atomic mass is 35.5. The highest BCUT2D eigenvalue weighted by molar-refractivity contribution is 6.33. The second-order valence-electron chi connectivity index (χ2n) is 6.97. The van der Waals surface area contributed by atoms with Crippen LogP contribution in [0.2, 0.25) is 5.02 Å². The van der Waals surface area contributed by atoms with E-state index >= 15 is 0 Å². The summed E-state index contributed by atoms with van der Waals surface area (Å²) in [5, 5.41) is 30.3. The summed E-state index contributed by atoms with van der Waals surface area (Å²) in [6.07, 6.45) is 0. The molecule has 0 aliphatic heterocycles. The number of hydrogen-bond donors (Lipinski definition) is 4. The van der Waals surface area contributed by atoms with Crippen LogP contribution in [0.15, 0.2) is 62.9 Å². The van der Waals surface area contributed by atoms with Crippen molar-refractivity contribution in [3.8, 4) is 5.75 Å². The molecule has 11 heteroatoms. The van der Waals surface area contributed by atoms with Gasteiger partial charge in [0.2, 0.25) is 5.56 Å². The van der Waals surface area contributed by atoms with Crippen LogP contribution in [0.1, 0.15) is 22.8 Å². The zero-order chi connectivity index (χ0) is 24.3. The lowest BCUT2D eigenvalue weighted by Crippen LogP contribution is -2.15. The second-order valence-corrected chi connectivity index (χ2v) is 7.38. The molecular formula is C22H19ClN4O6. The van der Waals surface area contributed by atoms with E-state index in [4.69, 9.17) is 16.3 Å². The SMILES string of the molecule is COc1ccc(C(=O)O)cc1NC(=O)/C(N=Nc1cc2[nH]c(=O)cc(C)c2cc1Cl)=C(\C)O. The standard InChI is InChI=1S/C22H19ClN4O6/c1-10-6-19(29)24-15-9-16(14(23)8-13(10)15)26-27-20(11(2)28)21(30)25-17-7-12(22(31)32)4-5-18(17)33-3/h4-9,28H,1-3H3,(H,24,29)(H,25,30)(H,31,32)/b20-11-,27-26?. The molecule has 10 nitrogen and oxygen atoms in total. The Morgan fingerprint density at radius 1 is 1.15 bits per heavy atom. The van der Waals surface area contributed by atoms with Gasteiger partial charge in [0.25, 0.3) is 5.91 Å². The van der Waals surface area contributed by atoms with Gasteiger partial charge >= 0.3 is 5.97 Å². The molecule has 0 fully saturated rings. The number of anilines is 1. The number of hydrogen-bond acceptors (Lipinski definition) is 7. The molecule has 3 rings (SSSR count). The van der Waals surface area contributed by atoms with E-state index in [-0.39, 0.29) is 33.3 Å². The molecule has 4 N–H and O–H groups in total. The number of pyridine rings is 1. The molecule has 1 aromatic heterocycles. The van der Waals surface area contributed by atoms with Crippen LogP contribution in [0.25, 0.3) is 10.9 Å². The van der Waals surface area contributed by atoms with Crippen molar-refractivity contribution in [2.24, 2.45) is 10.2 Å². The maximum atomic E-state index is 12.7. The van der Waals surface area contributed by atoms with Crippen LogP contribution in [0, 0.1) is 6.92 Å². The van der Waals surface area contributed by atoms with Crippen LogP contribution >= 0.6 is 11.6 Å². The van der Waals surface area contributed by atoms with E-state index in [2.05, 4.69) is 20.5 Å². The highest BCUT2D eigenvalue weighted by Crippen LogP contribution is 2.31. The van der Waals surface area contributed by atoms with Crippen LogP contribution in [-0.4, -0.2) is 34.2 Å². The average Bonchev–Trinajstić information content (AvgIpc) is 2.74. The Labute approximate surface area is 192 Å². The lowest BCUT2D eigenvalue weighted by molar-refractivity contribution is -0.113. The molecule has 170 valence electrons. The maximum Gasteiger partial charge on any atom is 0.335 e. The predicted molar refractivity (Wildman–Crippen MR) is 123 cm³/mol. The van der Waals surface area contributed by atoms with Crippen molar-refractivity contribution >= 4 is 45.8 Å². The summed E-state index contributed by atoms with van der Waals surface area (Å²) in [6.45, 7) is 3.00. The number of aliphatic hydroxyl groups is 1. The number of benzene rings is 2. The normalized spacial score (nSPS) is 12.0. The number of nitrogens with zero attached hydrogens (tertiary/aromatic N) is 2. The molecule has 0 saturated carbocycles. The molecule has 0 aliphatic carbocycles. The van der Waals surface area contributed by atoms with Crippen molar-refractivity contribution in [1.82, 2.24) is 4.98 Å². The first-order valence-electron chi connectivity index (χ1n) is 9.48. The minimum atomic E-state index is -1.19. The quantitative estimate of drug-likeness (QED) is 0.232. The summed E-state index contributed by atoms with van der Waals surface area (Å²) >= 11 is 6.28. The minimum Gasteiger partial charge on any atom is -0.510 e. The van der Waals surface area contributed by atoms with Crippen molar-refractivity contribution in [2.75, 3.05) is 12.4 Å². The lowest BCUT2D eigenvalue weighted by atomic mass is 10.1. The fourth-order valence-corrected chi connectivity index (χ4v) is 3.22. The molecule has 1 heterocycles. The number of ether oxygens (including phenoxy) is 1. The predicted octanol–water partition coefficient (Wildman–Crippen LogP) is 4.71. The summed E-state index contributed by atoms with van der Waals surface area (Å²) in [7, 11) is 1.35. The van der Waals surface area contributed by atoms with Crippen LogP contribution in [0.3, 0.4) is 0 Å². The Morgan fingerprint density at radius 3 is 2.52 bits per heavy atom. The van der Waals surface area contributed by atoms with E-state index in [1.54, 1.807) is 13.0 Å². The van der Waals surface area contributed by atoms with Crippen molar-refractivity contribution in [3.63, 3.8) is 0 Å². The smallest absolute Gasteiger partial charge is 0.335 e. The first kappa shape index (κ1) is 23.5. The molecule has 0 atom stereocenters. The van der Waals surface area contributed by atoms with Gasteiger partial charge in [-0.05, 0) is 49.7 Å². The number of carboxylic acids is 1. The van der Waals surface area contributed by atoms with Gasteiger partial charge in [0.1, 0.15) is 17.2 Å². The highest BCUT2D eigenvalue weighted by Gasteiger charge is 2.17. The molecule has 0 spiro atoms. The molecule has 33 heavy (non-hydrogen) atoms. The monoisotopic (exact) mass is 470 g/mol. The number of fused-ring (bicyclic) bond motifs is 1. The average molecular weight is 471 g/mol. The van der Waals surface area contributed by atoms with Crippen LogP contribution in [0.5, 0.6) is 5.75 Å². The number of aromatic carboxylic acids is 1. The number of amides is 1. The molecule has 0 saturated heterocycles. The third-order valence-electron chi connectivity index (χ3n) is 4.63. The van der Waals surface area contributed by atoms with Gasteiger partial charge < -0.3 is 25.3 Å². The lowest BCUT2D eigenvalue weighted by Gasteiger charge is -2.11. The van der Waals surface area contributed by atoms with Gasteiger partial charge in [-0.2, -0.15) is 0 Å². The van der Waals surface area contributed by atoms with Gasteiger partial charge in [-0.1, -0.05) is 11.6 Å². The van der Waals surface area contributed by atoms with E-state index in [0.29, 0.717) is 5.52 Å². The zero-order valence-electron chi connectivity index (χ0n) is 17.8. The number of rotatable bonds is 6. The Balaban J connectivity index is 1.95. The molecule has 3 aromatic rings. The number of H-pyrrole nitrogens is 1. The third kappa shape index (κ3) is 5.18. The Bertz CT molecular complexity index is 1390. The van der Waals surface area contributed by atoms with Gasteiger partial charge in [0.15, 0.2) is 5.70 Å². The molecule has 0 aliphatic rings. The van der Waals surface area contributed by atoms with Gasteiger partial charge in [-0.15, -0.1) is 10.2 Å². The number of halogens is 1. The largest absolute Gasteiger partial charge is 0.510 e. The number of aromatic amines is 1. The van der Waals surface area contributed by atoms with E-state index in [1.807, 2.05) is 0 Å². The number of aliphatic hydroxyl groups excluding tert-OH is 1. The van der Waals surface area contributed by atoms with E-state index < -0.39 is 23.3 Å². The number of methoxy groups -OCH3 is 1. The van der Waals surface area contributed by atoms with Crippen LogP contribution in [0.4, 0.5) is 11.4 Å². The molecule has 0 unspecified atom stereocenters. The molecular weight excluding hydrogens is 452 g/mol. The fraction of sp³-hybridized carbons (Fsp3) is 0.136. The van der Waals surface area contributed by atoms with Crippen molar-refractivity contribution in [3.05, 3.63) is 74.4 Å². The van der Waals surface area contributed by atoms with Crippen LogP contribution in [-0.2, 0) is 4.79 Å². The number of azo groups is 1. The van der Waals surface area contributed by atoms with E-state index in [1.165, 1.54) is 44.4 Å². The topological polar surface area (TPSA) is 153 Å². The number of allylic oxidation sites excluding steroid dienone is 1. The molecule has 0 bridgehead atoms. The number of carboxylic acid groups (broad SMARTS) is 1. The summed E-state index contributed by atoms with van der Waals surface area (Å²) in [4.78, 5) is 38.4. The Hall–Kier alpha value is -4.18. The molecule has 1 amide bonds. The maximum absolute atomic E-state index is 12.7. The number of carbonyl (C=O) groups is 2. The Kier molecular flexibility index (Phi) is 6.78. The first-order chi connectivity index (χ1) is 15.6. The van der Waals surface area contributed by atoms with Gasteiger partial charge in [0, 0.05) is 11.5 Å². The Morgan fingerprint density at radius 2 is 1.88 bits per heavy atom. The first-order valence-corrected chi connectivity index (χ1v) is 9.86. The summed E-state index contributed by atoms with van der Waals surface area (Å²) < 4.78 is 5.14. The minimum absolute atomic E-state index is 0.0631. The number of aromatic nitrogens is 1. The van der Waals surface area contributed by atoms with Crippen molar-refractivity contribution in [2.45, 2.75) is 13.8 Å². The second kappa shape index (κ2) is 9.53. The van der Waals surface area contributed by atoms with Gasteiger partial charge in [-0.25, -0.2) is 4.79 Å².